The fourth-order valence-corrected chi connectivity index (χ4v) is 3.15. The van der Waals surface area contributed by atoms with E-state index in [-0.39, 0.29) is 11.3 Å². The summed E-state index contributed by atoms with van der Waals surface area (Å²) in [4.78, 5) is 12.1. The highest BCUT2D eigenvalue weighted by molar-refractivity contribution is 9.11. The first kappa shape index (κ1) is 17.0. The molecule has 106 valence electrons. The minimum absolute atomic E-state index is 0.0233. The lowest BCUT2D eigenvalue weighted by Gasteiger charge is -2.19. The lowest BCUT2D eigenvalue weighted by atomic mass is 9.99. The molecule has 1 unspecified atom stereocenters. The molecule has 0 saturated carbocycles. The van der Waals surface area contributed by atoms with Gasteiger partial charge in [-0.3, -0.25) is 4.79 Å². The number of hydrogen-bond acceptors (Lipinski definition) is 1. The Morgan fingerprint density at radius 3 is 2.53 bits per heavy atom. The molecule has 1 aromatic rings. The smallest absolute Gasteiger partial charge is 0.252 e. The highest BCUT2D eigenvalue weighted by Crippen LogP contribution is 2.22. The molecule has 0 aliphatic carbocycles. The van der Waals surface area contributed by atoms with E-state index in [9.17, 15) is 4.79 Å². The zero-order valence-electron chi connectivity index (χ0n) is 11.1. The van der Waals surface area contributed by atoms with E-state index in [4.69, 9.17) is 11.6 Å². The summed E-state index contributed by atoms with van der Waals surface area (Å²) in [5, 5.41) is 2.87. The van der Waals surface area contributed by atoms with Crippen LogP contribution in [0.5, 0.6) is 0 Å². The summed E-state index contributed by atoms with van der Waals surface area (Å²) in [6.07, 6.45) is 2.06. The lowest BCUT2D eigenvalue weighted by molar-refractivity contribution is 0.0950. The van der Waals surface area contributed by atoms with Crippen molar-refractivity contribution >= 4 is 49.4 Å². The quantitative estimate of drug-likeness (QED) is 0.657. The SMILES string of the molecule is CCC(CC)C(Cl)CNC(=O)c1cc(Br)ccc1Br. The summed E-state index contributed by atoms with van der Waals surface area (Å²) < 4.78 is 1.66. The van der Waals surface area contributed by atoms with Crippen LogP contribution in [0.25, 0.3) is 0 Å². The van der Waals surface area contributed by atoms with Crippen LogP contribution in [0, 0.1) is 5.92 Å². The molecule has 0 saturated heterocycles. The third-order valence-corrected chi connectivity index (χ3v) is 4.89. The Balaban J connectivity index is 2.63. The van der Waals surface area contributed by atoms with Crippen LogP contribution in [0.3, 0.4) is 0 Å². The van der Waals surface area contributed by atoms with Gasteiger partial charge in [-0.2, -0.15) is 0 Å². The largest absolute Gasteiger partial charge is 0.351 e. The lowest BCUT2D eigenvalue weighted by Crippen LogP contribution is -2.33. The second-order valence-electron chi connectivity index (χ2n) is 4.43. The Morgan fingerprint density at radius 2 is 1.95 bits per heavy atom. The Labute approximate surface area is 136 Å². The van der Waals surface area contributed by atoms with Gasteiger partial charge in [0.15, 0.2) is 0 Å². The molecule has 2 nitrogen and oxygen atoms in total. The molecular formula is C14H18Br2ClNO. The number of carbonyl (C=O) groups excluding carboxylic acids is 1. The molecule has 0 radical (unpaired) electrons. The summed E-state index contributed by atoms with van der Waals surface area (Å²) in [7, 11) is 0. The average molecular weight is 412 g/mol. The summed E-state index contributed by atoms with van der Waals surface area (Å²) in [5.41, 5.74) is 0.614. The van der Waals surface area contributed by atoms with E-state index in [1.165, 1.54) is 0 Å². The molecular weight excluding hydrogens is 393 g/mol. The zero-order chi connectivity index (χ0) is 14.4. The molecule has 0 heterocycles. The predicted molar refractivity (Wildman–Crippen MR) is 87.9 cm³/mol. The number of nitrogens with one attached hydrogen (secondary N) is 1. The number of amides is 1. The van der Waals surface area contributed by atoms with Crippen molar-refractivity contribution < 1.29 is 4.79 Å². The van der Waals surface area contributed by atoms with E-state index < -0.39 is 0 Å². The number of halogens is 3. The molecule has 1 rings (SSSR count). The molecule has 0 fully saturated rings. The second kappa shape index (κ2) is 8.28. The number of alkyl halides is 1. The van der Waals surface area contributed by atoms with Crippen molar-refractivity contribution in [3.8, 4) is 0 Å². The van der Waals surface area contributed by atoms with E-state index >= 15 is 0 Å². The van der Waals surface area contributed by atoms with E-state index in [0.29, 0.717) is 18.0 Å². The summed E-state index contributed by atoms with van der Waals surface area (Å²) in [6, 6.07) is 5.52. The van der Waals surface area contributed by atoms with Crippen LogP contribution < -0.4 is 5.32 Å². The molecule has 0 aromatic heterocycles. The normalized spacial score (nSPS) is 12.5. The van der Waals surface area contributed by atoms with Crippen LogP contribution in [-0.4, -0.2) is 17.8 Å². The van der Waals surface area contributed by atoms with E-state index in [2.05, 4.69) is 51.0 Å². The molecule has 1 atom stereocenters. The maximum absolute atomic E-state index is 12.1. The van der Waals surface area contributed by atoms with Crippen molar-refractivity contribution in [2.45, 2.75) is 32.1 Å². The highest BCUT2D eigenvalue weighted by atomic mass is 79.9. The second-order valence-corrected chi connectivity index (χ2v) is 6.76. The third-order valence-electron chi connectivity index (χ3n) is 3.19. The predicted octanol–water partition coefficient (Wildman–Crippen LogP) is 4.99. The first-order valence-corrected chi connectivity index (χ1v) is 8.39. The van der Waals surface area contributed by atoms with Crippen molar-refractivity contribution in [1.82, 2.24) is 5.32 Å². The first-order chi connectivity index (χ1) is 8.99. The van der Waals surface area contributed by atoms with Gasteiger partial charge in [-0.05, 0) is 40.0 Å². The molecule has 0 aliphatic heterocycles. The molecule has 1 N–H and O–H groups in total. The van der Waals surface area contributed by atoms with Crippen LogP contribution in [0.15, 0.2) is 27.1 Å². The van der Waals surface area contributed by atoms with Crippen LogP contribution in [0.2, 0.25) is 0 Å². The van der Waals surface area contributed by atoms with Gasteiger partial charge in [-0.15, -0.1) is 11.6 Å². The Kier molecular flexibility index (Phi) is 7.40. The van der Waals surface area contributed by atoms with Crippen LogP contribution >= 0.6 is 43.5 Å². The zero-order valence-corrected chi connectivity index (χ0v) is 15.0. The number of benzene rings is 1. The number of carbonyl (C=O) groups is 1. The van der Waals surface area contributed by atoms with Crippen LogP contribution in [0.4, 0.5) is 0 Å². The summed E-state index contributed by atoms with van der Waals surface area (Å²) >= 11 is 13.1. The van der Waals surface area contributed by atoms with Gasteiger partial charge in [-0.1, -0.05) is 42.6 Å². The average Bonchev–Trinajstić information content (AvgIpc) is 2.40. The minimum atomic E-state index is -0.107. The van der Waals surface area contributed by atoms with Crippen molar-refractivity contribution in [2.24, 2.45) is 5.92 Å². The molecule has 5 heteroatoms. The van der Waals surface area contributed by atoms with Crippen molar-refractivity contribution in [3.05, 3.63) is 32.7 Å². The molecule has 19 heavy (non-hydrogen) atoms. The van der Waals surface area contributed by atoms with Gasteiger partial charge in [0.1, 0.15) is 0 Å². The van der Waals surface area contributed by atoms with Crippen molar-refractivity contribution in [1.29, 1.82) is 0 Å². The highest BCUT2D eigenvalue weighted by Gasteiger charge is 2.17. The first-order valence-electron chi connectivity index (χ1n) is 6.36. The van der Waals surface area contributed by atoms with Crippen molar-refractivity contribution in [2.75, 3.05) is 6.54 Å². The van der Waals surface area contributed by atoms with Crippen LogP contribution in [0.1, 0.15) is 37.0 Å². The van der Waals surface area contributed by atoms with Gasteiger partial charge in [-0.25, -0.2) is 0 Å². The Bertz CT molecular complexity index is 435. The minimum Gasteiger partial charge on any atom is -0.351 e. The van der Waals surface area contributed by atoms with Gasteiger partial charge >= 0.3 is 0 Å². The van der Waals surface area contributed by atoms with E-state index in [1.807, 2.05) is 12.1 Å². The molecule has 0 spiro atoms. The molecule has 0 aliphatic rings. The van der Waals surface area contributed by atoms with Gasteiger partial charge in [0, 0.05) is 15.5 Å². The Morgan fingerprint density at radius 1 is 1.32 bits per heavy atom. The Hall–Kier alpha value is -0.0600. The molecule has 0 bridgehead atoms. The van der Waals surface area contributed by atoms with Crippen molar-refractivity contribution in [3.63, 3.8) is 0 Å². The monoisotopic (exact) mass is 409 g/mol. The van der Waals surface area contributed by atoms with Gasteiger partial charge in [0.2, 0.25) is 0 Å². The number of rotatable bonds is 6. The van der Waals surface area contributed by atoms with Gasteiger partial charge < -0.3 is 5.32 Å². The van der Waals surface area contributed by atoms with Gasteiger partial charge in [0.05, 0.1) is 10.9 Å². The van der Waals surface area contributed by atoms with E-state index in [1.54, 1.807) is 6.07 Å². The number of hydrogen-bond donors (Lipinski definition) is 1. The maximum atomic E-state index is 12.1. The third kappa shape index (κ3) is 5.09. The topological polar surface area (TPSA) is 29.1 Å². The van der Waals surface area contributed by atoms with E-state index in [0.717, 1.165) is 21.8 Å². The summed E-state index contributed by atoms with van der Waals surface area (Å²) in [6.45, 7) is 4.73. The fourth-order valence-electron chi connectivity index (χ4n) is 1.92. The van der Waals surface area contributed by atoms with Gasteiger partial charge in [0.25, 0.3) is 5.91 Å². The summed E-state index contributed by atoms with van der Waals surface area (Å²) in [5.74, 6) is 0.331. The standard InChI is InChI=1S/C14H18Br2ClNO/c1-3-9(4-2)13(17)8-18-14(19)11-7-10(15)5-6-12(11)16/h5-7,9,13H,3-4,8H2,1-2H3,(H,18,19). The molecule has 1 aromatic carbocycles. The maximum Gasteiger partial charge on any atom is 0.252 e. The molecule has 1 amide bonds. The fraction of sp³-hybridized carbons (Fsp3) is 0.500. The van der Waals surface area contributed by atoms with Crippen LogP contribution in [-0.2, 0) is 0 Å².